The topological polar surface area (TPSA) is 56.1 Å². The monoisotopic (exact) mass is 349 g/mol. The quantitative estimate of drug-likeness (QED) is 0.596. The van der Waals surface area contributed by atoms with Crippen molar-refractivity contribution in [2.24, 2.45) is 0 Å². The van der Waals surface area contributed by atoms with Crippen LogP contribution >= 0.6 is 11.3 Å². The van der Waals surface area contributed by atoms with Crippen molar-refractivity contribution in [3.8, 4) is 11.4 Å². The third-order valence-corrected chi connectivity index (χ3v) is 4.79. The molecule has 2 aromatic heterocycles. The molecule has 2 aromatic carbocycles. The van der Waals surface area contributed by atoms with E-state index in [4.69, 9.17) is 4.74 Å². The van der Waals surface area contributed by atoms with Gasteiger partial charge < -0.3 is 9.30 Å². The zero-order valence-electron chi connectivity index (χ0n) is 13.5. The normalized spacial score (nSPS) is 10.8. The molecule has 0 fully saturated rings. The van der Waals surface area contributed by atoms with Crippen LogP contribution in [0, 0.1) is 0 Å². The van der Waals surface area contributed by atoms with Crippen LogP contribution in [-0.2, 0) is 0 Å². The maximum absolute atomic E-state index is 12.5. The lowest BCUT2D eigenvalue weighted by Crippen LogP contribution is -2.11. The molecule has 1 amide bonds. The summed E-state index contributed by atoms with van der Waals surface area (Å²) in [5.41, 5.74) is 2.35. The van der Waals surface area contributed by atoms with Gasteiger partial charge in [-0.15, -0.1) is 0 Å². The van der Waals surface area contributed by atoms with Crippen molar-refractivity contribution in [1.29, 1.82) is 0 Å². The van der Waals surface area contributed by atoms with Gasteiger partial charge in [-0.1, -0.05) is 17.4 Å². The number of anilines is 1. The van der Waals surface area contributed by atoms with Crippen molar-refractivity contribution >= 4 is 32.6 Å². The number of benzene rings is 2. The predicted molar refractivity (Wildman–Crippen MR) is 99.9 cm³/mol. The number of amides is 1. The fraction of sp³-hybridized carbons (Fsp3) is 0.0526. The molecular formula is C19H15N3O2S. The molecule has 0 atom stereocenters. The molecular weight excluding hydrogens is 334 g/mol. The first-order valence-electron chi connectivity index (χ1n) is 7.73. The molecule has 1 N–H and O–H groups in total. The van der Waals surface area contributed by atoms with Crippen LogP contribution in [0.25, 0.3) is 15.9 Å². The summed E-state index contributed by atoms with van der Waals surface area (Å²) in [6, 6.07) is 17.1. The second kappa shape index (κ2) is 6.41. The number of hydrogen-bond acceptors (Lipinski definition) is 4. The van der Waals surface area contributed by atoms with E-state index in [0.717, 1.165) is 15.9 Å². The van der Waals surface area contributed by atoms with Gasteiger partial charge in [0.05, 0.1) is 11.8 Å². The standard InChI is InChI=1S/C19H15N3O2S/c1-24-15-5-4-6-16-17(15)20-19(25-16)21-18(23)13-7-9-14(10-8-13)22-11-2-3-12-22/h2-12H,1H3,(H,20,21,23). The van der Waals surface area contributed by atoms with Crippen LogP contribution in [0.1, 0.15) is 10.4 Å². The van der Waals surface area contributed by atoms with Crippen LogP contribution in [0.2, 0.25) is 0 Å². The number of rotatable bonds is 4. The Morgan fingerprint density at radius 3 is 2.56 bits per heavy atom. The van der Waals surface area contributed by atoms with Gasteiger partial charge in [0.25, 0.3) is 5.91 Å². The number of carbonyl (C=O) groups excluding carboxylic acids is 1. The highest BCUT2D eigenvalue weighted by molar-refractivity contribution is 7.22. The number of thiazole rings is 1. The van der Waals surface area contributed by atoms with Gasteiger partial charge in [0, 0.05) is 23.6 Å². The lowest BCUT2D eigenvalue weighted by atomic mass is 10.2. The molecule has 5 nitrogen and oxygen atoms in total. The molecule has 2 heterocycles. The van der Waals surface area contributed by atoms with Crippen molar-refractivity contribution in [2.75, 3.05) is 12.4 Å². The van der Waals surface area contributed by atoms with Crippen molar-refractivity contribution in [3.05, 3.63) is 72.6 Å². The molecule has 4 aromatic rings. The highest BCUT2D eigenvalue weighted by Crippen LogP contribution is 2.32. The Labute approximate surface area is 148 Å². The van der Waals surface area contributed by atoms with E-state index < -0.39 is 0 Å². The molecule has 0 spiro atoms. The first-order chi connectivity index (χ1) is 12.2. The molecule has 6 heteroatoms. The molecule has 124 valence electrons. The Hall–Kier alpha value is -3.12. The van der Waals surface area contributed by atoms with Crippen LogP contribution in [0.3, 0.4) is 0 Å². The molecule has 0 saturated carbocycles. The van der Waals surface area contributed by atoms with E-state index in [9.17, 15) is 4.79 Å². The van der Waals surface area contributed by atoms with Crippen molar-refractivity contribution < 1.29 is 9.53 Å². The third-order valence-electron chi connectivity index (χ3n) is 3.85. The van der Waals surface area contributed by atoms with Crippen LogP contribution in [-0.4, -0.2) is 22.6 Å². The lowest BCUT2D eigenvalue weighted by Gasteiger charge is -2.05. The van der Waals surface area contributed by atoms with Gasteiger partial charge in [0.2, 0.25) is 0 Å². The van der Waals surface area contributed by atoms with Gasteiger partial charge in [-0.3, -0.25) is 10.1 Å². The SMILES string of the molecule is COc1cccc2sc(NC(=O)c3ccc(-n4cccc4)cc3)nc12. The van der Waals surface area contributed by atoms with E-state index in [-0.39, 0.29) is 5.91 Å². The van der Waals surface area contributed by atoms with Crippen molar-refractivity contribution in [1.82, 2.24) is 9.55 Å². The summed E-state index contributed by atoms with van der Waals surface area (Å²) >= 11 is 1.42. The highest BCUT2D eigenvalue weighted by Gasteiger charge is 2.12. The number of hydrogen-bond donors (Lipinski definition) is 1. The van der Waals surface area contributed by atoms with Crippen molar-refractivity contribution in [2.45, 2.75) is 0 Å². The number of aromatic nitrogens is 2. The number of nitrogens with one attached hydrogen (secondary N) is 1. The Morgan fingerprint density at radius 1 is 1.08 bits per heavy atom. The first kappa shape index (κ1) is 15.4. The van der Waals surface area contributed by atoms with Gasteiger partial charge in [0.15, 0.2) is 5.13 Å². The number of fused-ring (bicyclic) bond motifs is 1. The van der Waals surface area contributed by atoms with Crippen LogP contribution in [0.4, 0.5) is 5.13 Å². The number of ether oxygens (including phenoxy) is 1. The van der Waals surface area contributed by atoms with E-state index in [1.807, 2.05) is 59.4 Å². The molecule has 0 bridgehead atoms. The second-order valence-corrected chi connectivity index (χ2v) is 6.45. The van der Waals surface area contributed by atoms with Gasteiger partial charge in [0.1, 0.15) is 11.3 Å². The average Bonchev–Trinajstić information content (AvgIpc) is 3.30. The summed E-state index contributed by atoms with van der Waals surface area (Å²) in [5, 5.41) is 3.41. The van der Waals surface area contributed by atoms with Crippen LogP contribution in [0.15, 0.2) is 67.0 Å². The van der Waals surface area contributed by atoms with E-state index >= 15 is 0 Å². The van der Waals surface area contributed by atoms with E-state index in [1.165, 1.54) is 11.3 Å². The molecule has 0 aliphatic heterocycles. The van der Waals surface area contributed by atoms with Crippen LogP contribution in [0.5, 0.6) is 5.75 Å². The number of methoxy groups -OCH3 is 1. The van der Waals surface area contributed by atoms with Gasteiger partial charge in [-0.05, 0) is 48.5 Å². The Bertz CT molecular complexity index is 1020. The molecule has 4 rings (SSSR count). The highest BCUT2D eigenvalue weighted by atomic mass is 32.1. The average molecular weight is 349 g/mol. The minimum absolute atomic E-state index is 0.183. The number of nitrogens with zero attached hydrogens (tertiary/aromatic N) is 2. The summed E-state index contributed by atoms with van der Waals surface area (Å²) in [7, 11) is 1.61. The van der Waals surface area contributed by atoms with E-state index in [2.05, 4.69) is 10.3 Å². The maximum Gasteiger partial charge on any atom is 0.257 e. The fourth-order valence-corrected chi connectivity index (χ4v) is 3.48. The largest absolute Gasteiger partial charge is 0.494 e. The Kier molecular flexibility index (Phi) is 3.95. The van der Waals surface area contributed by atoms with Crippen LogP contribution < -0.4 is 10.1 Å². The fourth-order valence-electron chi connectivity index (χ4n) is 2.60. The zero-order chi connectivity index (χ0) is 17.2. The lowest BCUT2D eigenvalue weighted by molar-refractivity contribution is 0.102. The van der Waals surface area contributed by atoms with Gasteiger partial charge in [-0.25, -0.2) is 4.98 Å². The Morgan fingerprint density at radius 2 is 1.84 bits per heavy atom. The maximum atomic E-state index is 12.5. The molecule has 0 aliphatic rings. The number of para-hydroxylation sites is 1. The van der Waals surface area contributed by atoms with E-state index in [1.54, 1.807) is 19.2 Å². The van der Waals surface area contributed by atoms with E-state index in [0.29, 0.717) is 16.4 Å². The minimum Gasteiger partial charge on any atom is -0.494 e. The van der Waals surface area contributed by atoms with Crippen molar-refractivity contribution in [3.63, 3.8) is 0 Å². The summed E-state index contributed by atoms with van der Waals surface area (Å²) in [5.74, 6) is 0.516. The smallest absolute Gasteiger partial charge is 0.257 e. The van der Waals surface area contributed by atoms with Gasteiger partial charge >= 0.3 is 0 Å². The van der Waals surface area contributed by atoms with Gasteiger partial charge in [-0.2, -0.15) is 0 Å². The summed E-state index contributed by atoms with van der Waals surface area (Å²) < 4.78 is 8.27. The first-order valence-corrected chi connectivity index (χ1v) is 8.54. The second-order valence-electron chi connectivity index (χ2n) is 5.42. The number of carbonyl (C=O) groups is 1. The molecule has 0 unspecified atom stereocenters. The molecule has 0 aliphatic carbocycles. The minimum atomic E-state index is -0.183. The molecule has 0 saturated heterocycles. The summed E-state index contributed by atoms with van der Waals surface area (Å²) in [6.07, 6.45) is 3.92. The molecule has 0 radical (unpaired) electrons. The summed E-state index contributed by atoms with van der Waals surface area (Å²) in [6.45, 7) is 0. The molecule has 25 heavy (non-hydrogen) atoms. The Balaban J connectivity index is 1.55. The predicted octanol–water partition coefficient (Wildman–Crippen LogP) is 4.35. The zero-order valence-corrected chi connectivity index (χ0v) is 14.3. The third kappa shape index (κ3) is 2.99. The summed E-state index contributed by atoms with van der Waals surface area (Å²) in [4.78, 5) is 16.9.